The van der Waals surface area contributed by atoms with Crippen molar-refractivity contribution in [1.29, 1.82) is 0 Å². The molecule has 1 N–H and O–H groups in total. The van der Waals surface area contributed by atoms with Crippen molar-refractivity contribution in [3.8, 4) is 0 Å². The van der Waals surface area contributed by atoms with Gasteiger partial charge in [-0.25, -0.2) is 4.98 Å². The first-order valence-corrected chi connectivity index (χ1v) is 6.73. The summed E-state index contributed by atoms with van der Waals surface area (Å²) in [5.74, 6) is 0.0193. The smallest absolute Gasteiger partial charge is 0.226 e. The third-order valence-electron chi connectivity index (χ3n) is 2.59. The summed E-state index contributed by atoms with van der Waals surface area (Å²) < 4.78 is 0. The average Bonchev–Trinajstić information content (AvgIpc) is 2.72. The van der Waals surface area contributed by atoms with Crippen LogP contribution < -0.4 is 5.32 Å². The van der Waals surface area contributed by atoms with E-state index in [1.807, 2.05) is 19.1 Å². The van der Waals surface area contributed by atoms with E-state index in [-0.39, 0.29) is 5.91 Å². The SMILES string of the molecule is Cc1cccc(CCC(=O)Nc2ncc(C)s2)c1. The molecule has 0 aliphatic carbocycles. The maximum Gasteiger partial charge on any atom is 0.226 e. The summed E-state index contributed by atoms with van der Waals surface area (Å²) in [6, 6.07) is 8.24. The minimum absolute atomic E-state index is 0.0193. The number of nitrogens with one attached hydrogen (secondary N) is 1. The summed E-state index contributed by atoms with van der Waals surface area (Å²) in [5.41, 5.74) is 2.42. The Balaban J connectivity index is 1.85. The van der Waals surface area contributed by atoms with Gasteiger partial charge in [0.15, 0.2) is 5.13 Å². The van der Waals surface area contributed by atoms with Crippen molar-refractivity contribution in [3.63, 3.8) is 0 Å². The van der Waals surface area contributed by atoms with Crippen molar-refractivity contribution in [1.82, 2.24) is 4.98 Å². The molecule has 0 saturated carbocycles. The van der Waals surface area contributed by atoms with Gasteiger partial charge in [0.05, 0.1) is 0 Å². The number of aromatic nitrogens is 1. The van der Waals surface area contributed by atoms with Crippen LogP contribution in [-0.2, 0) is 11.2 Å². The molecule has 1 heterocycles. The van der Waals surface area contributed by atoms with E-state index in [4.69, 9.17) is 0 Å². The van der Waals surface area contributed by atoms with E-state index >= 15 is 0 Å². The molecule has 0 unspecified atom stereocenters. The van der Waals surface area contributed by atoms with Crippen molar-refractivity contribution in [2.45, 2.75) is 26.7 Å². The number of rotatable bonds is 4. The van der Waals surface area contributed by atoms with Gasteiger partial charge in [0, 0.05) is 17.5 Å². The van der Waals surface area contributed by atoms with Crippen LogP contribution in [0.25, 0.3) is 0 Å². The largest absolute Gasteiger partial charge is 0.302 e. The molecule has 0 aliphatic heterocycles. The lowest BCUT2D eigenvalue weighted by Gasteiger charge is -2.03. The first-order chi connectivity index (χ1) is 8.63. The summed E-state index contributed by atoms with van der Waals surface area (Å²) in [6.45, 7) is 4.03. The molecule has 2 aromatic rings. The predicted molar refractivity (Wildman–Crippen MR) is 75.0 cm³/mol. The van der Waals surface area contributed by atoms with Crippen LogP contribution in [-0.4, -0.2) is 10.9 Å². The number of hydrogen-bond acceptors (Lipinski definition) is 3. The maximum atomic E-state index is 11.7. The number of benzene rings is 1. The van der Waals surface area contributed by atoms with Gasteiger partial charge >= 0.3 is 0 Å². The lowest BCUT2D eigenvalue weighted by Crippen LogP contribution is -2.12. The first-order valence-electron chi connectivity index (χ1n) is 5.91. The van der Waals surface area contributed by atoms with Crippen LogP contribution in [0.2, 0.25) is 0 Å². The van der Waals surface area contributed by atoms with Crippen LogP contribution in [0.5, 0.6) is 0 Å². The number of thiazole rings is 1. The summed E-state index contributed by atoms with van der Waals surface area (Å²) in [4.78, 5) is 16.9. The highest BCUT2D eigenvalue weighted by Gasteiger charge is 2.05. The molecular formula is C14H16N2OS. The van der Waals surface area contributed by atoms with Gasteiger partial charge in [-0.1, -0.05) is 29.8 Å². The molecule has 0 fully saturated rings. The van der Waals surface area contributed by atoms with Crippen molar-refractivity contribution in [2.75, 3.05) is 5.32 Å². The highest BCUT2D eigenvalue weighted by Crippen LogP contribution is 2.17. The Morgan fingerprint density at radius 2 is 2.22 bits per heavy atom. The van der Waals surface area contributed by atoms with E-state index in [1.54, 1.807) is 6.20 Å². The molecule has 0 aliphatic rings. The van der Waals surface area contributed by atoms with Gasteiger partial charge in [-0.15, -0.1) is 11.3 Å². The summed E-state index contributed by atoms with van der Waals surface area (Å²) in [5, 5.41) is 3.50. The Labute approximate surface area is 111 Å². The van der Waals surface area contributed by atoms with Gasteiger partial charge in [0.2, 0.25) is 5.91 Å². The third kappa shape index (κ3) is 3.67. The fourth-order valence-corrected chi connectivity index (χ4v) is 2.40. The maximum absolute atomic E-state index is 11.7. The van der Waals surface area contributed by atoms with E-state index in [2.05, 4.69) is 29.4 Å². The molecule has 18 heavy (non-hydrogen) atoms. The topological polar surface area (TPSA) is 42.0 Å². The lowest BCUT2D eigenvalue weighted by molar-refractivity contribution is -0.116. The van der Waals surface area contributed by atoms with Crippen LogP contribution in [0.4, 0.5) is 5.13 Å². The van der Waals surface area contributed by atoms with E-state index < -0.39 is 0 Å². The molecule has 1 amide bonds. The van der Waals surface area contributed by atoms with Crippen LogP contribution in [0.15, 0.2) is 30.5 Å². The Bertz CT molecular complexity index is 548. The van der Waals surface area contributed by atoms with E-state index in [0.717, 1.165) is 11.3 Å². The van der Waals surface area contributed by atoms with Crippen LogP contribution in [0, 0.1) is 13.8 Å². The molecule has 0 bridgehead atoms. The third-order valence-corrected chi connectivity index (χ3v) is 3.42. The molecule has 0 spiro atoms. The molecule has 1 aromatic carbocycles. The van der Waals surface area contributed by atoms with Crippen molar-refractivity contribution >= 4 is 22.4 Å². The van der Waals surface area contributed by atoms with Crippen molar-refractivity contribution in [3.05, 3.63) is 46.5 Å². The van der Waals surface area contributed by atoms with E-state index in [1.165, 1.54) is 22.5 Å². The van der Waals surface area contributed by atoms with Crippen LogP contribution in [0.3, 0.4) is 0 Å². The number of hydrogen-bond donors (Lipinski definition) is 1. The Hall–Kier alpha value is -1.68. The molecule has 3 nitrogen and oxygen atoms in total. The first kappa shape index (κ1) is 12.8. The van der Waals surface area contributed by atoms with Gasteiger partial charge in [0.1, 0.15) is 0 Å². The summed E-state index contributed by atoms with van der Waals surface area (Å²) >= 11 is 1.50. The Morgan fingerprint density at radius 3 is 2.89 bits per heavy atom. The molecule has 1 aromatic heterocycles. The van der Waals surface area contributed by atoms with Gasteiger partial charge in [0.25, 0.3) is 0 Å². The fourth-order valence-electron chi connectivity index (χ4n) is 1.72. The number of anilines is 1. The molecule has 2 rings (SSSR count). The van der Waals surface area contributed by atoms with Gasteiger partial charge in [-0.3, -0.25) is 4.79 Å². The van der Waals surface area contributed by atoms with Crippen molar-refractivity contribution < 1.29 is 4.79 Å². The van der Waals surface area contributed by atoms with E-state index in [0.29, 0.717) is 11.6 Å². The number of aryl methyl sites for hydroxylation is 3. The minimum Gasteiger partial charge on any atom is -0.302 e. The lowest BCUT2D eigenvalue weighted by atomic mass is 10.1. The molecule has 0 saturated heterocycles. The molecule has 0 atom stereocenters. The van der Waals surface area contributed by atoms with Gasteiger partial charge < -0.3 is 5.32 Å². The van der Waals surface area contributed by atoms with Crippen LogP contribution in [0.1, 0.15) is 22.4 Å². The van der Waals surface area contributed by atoms with Crippen molar-refractivity contribution in [2.24, 2.45) is 0 Å². The number of amides is 1. The zero-order valence-corrected chi connectivity index (χ0v) is 11.4. The number of carbonyl (C=O) groups is 1. The number of nitrogens with zero attached hydrogens (tertiary/aromatic N) is 1. The Kier molecular flexibility index (Phi) is 4.10. The fraction of sp³-hybridized carbons (Fsp3) is 0.286. The molecule has 4 heteroatoms. The number of carbonyl (C=O) groups excluding carboxylic acids is 1. The molecular weight excluding hydrogens is 244 g/mol. The normalized spacial score (nSPS) is 10.3. The second-order valence-corrected chi connectivity index (χ2v) is 5.55. The van der Waals surface area contributed by atoms with E-state index in [9.17, 15) is 4.79 Å². The van der Waals surface area contributed by atoms with Gasteiger partial charge in [-0.05, 0) is 25.8 Å². The highest BCUT2D eigenvalue weighted by atomic mass is 32.1. The summed E-state index contributed by atoms with van der Waals surface area (Å²) in [7, 11) is 0. The standard InChI is InChI=1S/C14H16N2OS/c1-10-4-3-5-12(8-10)6-7-13(17)16-14-15-9-11(2)18-14/h3-5,8-9H,6-7H2,1-2H3,(H,15,16,17). The second kappa shape index (κ2) is 5.78. The van der Waals surface area contributed by atoms with Gasteiger partial charge in [-0.2, -0.15) is 0 Å². The quantitative estimate of drug-likeness (QED) is 0.916. The Morgan fingerprint density at radius 1 is 1.39 bits per heavy atom. The zero-order valence-electron chi connectivity index (χ0n) is 10.6. The highest BCUT2D eigenvalue weighted by molar-refractivity contribution is 7.15. The minimum atomic E-state index is 0.0193. The monoisotopic (exact) mass is 260 g/mol. The molecule has 94 valence electrons. The molecule has 0 radical (unpaired) electrons. The summed E-state index contributed by atoms with van der Waals surface area (Å²) in [6.07, 6.45) is 3.01. The zero-order chi connectivity index (χ0) is 13.0. The average molecular weight is 260 g/mol. The van der Waals surface area contributed by atoms with Crippen LogP contribution >= 0.6 is 11.3 Å². The predicted octanol–water partition coefficient (Wildman–Crippen LogP) is 3.33. The second-order valence-electron chi connectivity index (χ2n) is 4.31.